The molecule has 1 nitrogen and oxygen atoms in total. The number of ether oxygens (including phenoxy) is 1. The van der Waals surface area contributed by atoms with Crippen LogP contribution in [0.4, 0.5) is 0 Å². The largest absolute Gasteiger partial charge is 0.493 e. The topological polar surface area (TPSA) is 9.23 Å². The highest BCUT2D eigenvalue weighted by molar-refractivity contribution is 5.96. The molecule has 0 N–H and O–H groups in total. The Morgan fingerprint density at radius 1 is 0.654 bits per heavy atom. The quantitative estimate of drug-likeness (QED) is 0.147. The first-order valence-corrected chi connectivity index (χ1v) is 19.8. The molecule has 0 aromatic heterocycles. The minimum Gasteiger partial charge on any atom is -0.493 e. The molecule has 0 bridgehead atoms. The average molecular weight is 687 g/mol. The fourth-order valence-corrected chi connectivity index (χ4v) is 8.82. The highest BCUT2D eigenvalue weighted by atomic mass is 16.5. The molecule has 268 valence electrons. The van der Waals surface area contributed by atoms with E-state index in [2.05, 4.69) is 172 Å². The Morgan fingerprint density at radius 3 is 1.81 bits per heavy atom. The van der Waals surface area contributed by atoms with Crippen LogP contribution in [0, 0.1) is 12.8 Å². The van der Waals surface area contributed by atoms with Crippen molar-refractivity contribution in [2.75, 3.05) is 6.61 Å². The van der Waals surface area contributed by atoms with Gasteiger partial charge in [0.1, 0.15) is 5.75 Å². The maximum Gasteiger partial charge on any atom is 0.122 e. The molecule has 52 heavy (non-hydrogen) atoms. The standard InChI is InChI=1S/C51H58O/c1-11-14-18-34(13-3)32-52-48-29-35(17-12-2)43(27-33(48)4)36-21-24-40-39-19-15-16-20-44(39)51(45(40)28-36)46-30-37(49(5,6)7)22-25-41(46)42-26-23-38(31-47(42)51)50(8,9)10/h12,15-17,19-31,34H,11,13-14,18,32H2,1-10H3/b17-12+. The maximum absolute atomic E-state index is 6.58. The summed E-state index contributed by atoms with van der Waals surface area (Å²) in [6, 6.07) is 35.7. The third-order valence-corrected chi connectivity index (χ3v) is 11.9. The number of benzene rings is 5. The Kier molecular flexibility index (Phi) is 9.39. The van der Waals surface area contributed by atoms with E-state index < -0.39 is 5.41 Å². The van der Waals surface area contributed by atoms with E-state index in [0.717, 1.165) is 18.8 Å². The number of hydrogen-bond donors (Lipinski definition) is 0. The van der Waals surface area contributed by atoms with Crippen molar-refractivity contribution >= 4 is 6.08 Å². The Hall–Kier alpha value is -4.36. The molecule has 2 aliphatic rings. The first-order chi connectivity index (χ1) is 24.8. The lowest BCUT2D eigenvalue weighted by atomic mass is 9.68. The molecule has 1 atom stereocenters. The van der Waals surface area contributed by atoms with Crippen LogP contribution in [-0.4, -0.2) is 6.61 Å². The van der Waals surface area contributed by atoms with Gasteiger partial charge in [0.25, 0.3) is 0 Å². The zero-order chi connectivity index (χ0) is 37.0. The van der Waals surface area contributed by atoms with Gasteiger partial charge in [0, 0.05) is 0 Å². The maximum atomic E-state index is 6.58. The number of allylic oxidation sites excluding steroid dienone is 1. The second-order valence-corrected chi connectivity index (χ2v) is 17.5. The van der Waals surface area contributed by atoms with Crippen LogP contribution in [-0.2, 0) is 16.2 Å². The fraction of sp³-hybridized carbons (Fsp3) is 0.373. The molecule has 5 aromatic carbocycles. The van der Waals surface area contributed by atoms with Crippen LogP contribution >= 0.6 is 0 Å². The first kappa shape index (κ1) is 36.0. The van der Waals surface area contributed by atoms with E-state index in [9.17, 15) is 0 Å². The van der Waals surface area contributed by atoms with Gasteiger partial charge in [-0.15, -0.1) is 0 Å². The number of aryl methyl sites for hydroxylation is 1. The van der Waals surface area contributed by atoms with Crippen molar-refractivity contribution < 1.29 is 4.74 Å². The summed E-state index contributed by atoms with van der Waals surface area (Å²) >= 11 is 0. The van der Waals surface area contributed by atoms with Gasteiger partial charge in [0.05, 0.1) is 12.0 Å². The van der Waals surface area contributed by atoms with E-state index in [1.165, 1.54) is 97.2 Å². The second kappa shape index (κ2) is 13.6. The number of hydrogen-bond acceptors (Lipinski definition) is 1. The van der Waals surface area contributed by atoms with Gasteiger partial charge in [-0.3, -0.25) is 0 Å². The predicted molar refractivity (Wildman–Crippen MR) is 224 cm³/mol. The van der Waals surface area contributed by atoms with Gasteiger partial charge in [-0.25, -0.2) is 0 Å². The van der Waals surface area contributed by atoms with Crippen molar-refractivity contribution in [3.63, 3.8) is 0 Å². The van der Waals surface area contributed by atoms with Gasteiger partial charge in [-0.1, -0.05) is 160 Å². The van der Waals surface area contributed by atoms with Gasteiger partial charge in [0.2, 0.25) is 0 Å². The van der Waals surface area contributed by atoms with Crippen LogP contribution in [0.1, 0.15) is 133 Å². The minimum absolute atomic E-state index is 0.0280. The molecular weight excluding hydrogens is 629 g/mol. The first-order valence-electron chi connectivity index (χ1n) is 19.8. The number of rotatable bonds is 9. The second-order valence-electron chi connectivity index (χ2n) is 17.5. The molecule has 7 rings (SSSR count). The van der Waals surface area contributed by atoms with Gasteiger partial charge in [-0.05, 0) is 133 Å². The van der Waals surface area contributed by atoms with Crippen molar-refractivity contribution in [3.05, 3.63) is 142 Å². The lowest BCUT2D eigenvalue weighted by Gasteiger charge is -2.33. The highest BCUT2D eigenvalue weighted by Crippen LogP contribution is 2.64. The van der Waals surface area contributed by atoms with E-state index in [4.69, 9.17) is 4.74 Å². The molecule has 0 radical (unpaired) electrons. The monoisotopic (exact) mass is 686 g/mol. The molecule has 2 aliphatic carbocycles. The summed E-state index contributed by atoms with van der Waals surface area (Å²) in [5.41, 5.74) is 18.2. The van der Waals surface area contributed by atoms with Gasteiger partial charge in [-0.2, -0.15) is 0 Å². The summed E-state index contributed by atoms with van der Waals surface area (Å²) in [7, 11) is 0. The molecule has 0 heterocycles. The van der Waals surface area contributed by atoms with E-state index in [0.29, 0.717) is 5.92 Å². The van der Waals surface area contributed by atoms with E-state index in [1.54, 1.807) is 0 Å². The minimum atomic E-state index is -0.415. The zero-order valence-corrected chi connectivity index (χ0v) is 33.3. The Labute approximate surface area is 314 Å². The third kappa shape index (κ3) is 5.95. The molecule has 5 aromatic rings. The van der Waals surface area contributed by atoms with Crippen LogP contribution < -0.4 is 4.74 Å². The lowest BCUT2D eigenvalue weighted by Crippen LogP contribution is -2.27. The van der Waals surface area contributed by atoms with Crippen LogP contribution in [0.15, 0.2) is 97.1 Å². The number of unbranched alkanes of at least 4 members (excludes halogenated alkanes) is 1. The summed E-state index contributed by atoms with van der Waals surface area (Å²) in [4.78, 5) is 0. The molecule has 0 saturated heterocycles. The normalized spacial score (nSPS) is 14.7. The molecule has 1 heteroatoms. The van der Waals surface area contributed by atoms with Crippen LogP contribution in [0.3, 0.4) is 0 Å². The summed E-state index contributed by atoms with van der Waals surface area (Å²) in [6.07, 6.45) is 9.28. The Bertz CT molecular complexity index is 2100. The number of fused-ring (bicyclic) bond motifs is 10. The van der Waals surface area contributed by atoms with Crippen molar-refractivity contribution in [2.24, 2.45) is 5.92 Å². The smallest absolute Gasteiger partial charge is 0.122 e. The average Bonchev–Trinajstić information content (AvgIpc) is 3.58. The van der Waals surface area contributed by atoms with Crippen LogP contribution in [0.25, 0.3) is 39.5 Å². The van der Waals surface area contributed by atoms with Crippen LogP contribution in [0.2, 0.25) is 0 Å². The summed E-state index contributed by atoms with van der Waals surface area (Å²) < 4.78 is 6.58. The highest BCUT2D eigenvalue weighted by Gasteiger charge is 2.52. The van der Waals surface area contributed by atoms with Crippen molar-refractivity contribution in [2.45, 2.75) is 111 Å². The third-order valence-electron chi connectivity index (χ3n) is 11.9. The van der Waals surface area contributed by atoms with Crippen LogP contribution in [0.5, 0.6) is 5.75 Å². The molecule has 0 fully saturated rings. The fourth-order valence-electron chi connectivity index (χ4n) is 8.82. The van der Waals surface area contributed by atoms with Gasteiger partial charge >= 0.3 is 0 Å². The Morgan fingerprint density at radius 2 is 1.23 bits per heavy atom. The van der Waals surface area contributed by atoms with Gasteiger partial charge in [0.15, 0.2) is 0 Å². The zero-order valence-electron chi connectivity index (χ0n) is 33.3. The molecule has 0 amide bonds. The van der Waals surface area contributed by atoms with Crippen molar-refractivity contribution in [1.82, 2.24) is 0 Å². The van der Waals surface area contributed by atoms with Crippen molar-refractivity contribution in [1.29, 1.82) is 0 Å². The molecule has 1 spiro atoms. The lowest BCUT2D eigenvalue weighted by molar-refractivity contribution is 0.232. The molecular formula is C51H58O. The van der Waals surface area contributed by atoms with E-state index >= 15 is 0 Å². The van der Waals surface area contributed by atoms with Gasteiger partial charge < -0.3 is 4.74 Å². The van der Waals surface area contributed by atoms with E-state index in [-0.39, 0.29) is 10.8 Å². The molecule has 0 aliphatic heterocycles. The summed E-state index contributed by atoms with van der Waals surface area (Å²) in [6.45, 7) is 23.7. The summed E-state index contributed by atoms with van der Waals surface area (Å²) in [5, 5.41) is 0. The molecule has 1 unspecified atom stereocenters. The molecule has 0 saturated carbocycles. The SMILES string of the molecule is C/C=C/c1cc(OCC(CC)CCCC)c(C)cc1-c1ccc2c(c1)C1(c3ccccc3-2)c2cc(C(C)(C)C)ccc2-c2ccc(C(C)(C)C)cc21. The summed E-state index contributed by atoms with van der Waals surface area (Å²) in [5.74, 6) is 1.59. The van der Waals surface area contributed by atoms with E-state index in [1.807, 2.05) is 0 Å². The Balaban J connectivity index is 1.46. The predicted octanol–water partition coefficient (Wildman–Crippen LogP) is 14.2. The van der Waals surface area contributed by atoms with Crippen molar-refractivity contribution in [3.8, 4) is 39.1 Å².